The van der Waals surface area contributed by atoms with Crippen molar-refractivity contribution in [1.29, 1.82) is 0 Å². The van der Waals surface area contributed by atoms with Crippen molar-refractivity contribution >= 4 is 16.9 Å². The molecule has 0 fully saturated rings. The molecule has 0 bridgehead atoms. The molecule has 0 aliphatic rings. The molecule has 3 aromatic rings. The molecular weight excluding hydrogens is 224 g/mol. The molecule has 1 atom stereocenters. The summed E-state index contributed by atoms with van der Waals surface area (Å²) in [6.45, 7) is 2.12. The van der Waals surface area contributed by atoms with Gasteiger partial charge in [0.25, 0.3) is 0 Å². The van der Waals surface area contributed by atoms with Crippen LogP contribution in [-0.4, -0.2) is 15.0 Å². The van der Waals surface area contributed by atoms with Crippen LogP contribution >= 0.6 is 0 Å². The van der Waals surface area contributed by atoms with Crippen molar-refractivity contribution in [2.75, 3.05) is 5.32 Å². The maximum Gasteiger partial charge on any atom is 0.142 e. The molecule has 4 nitrogen and oxygen atoms in total. The molecule has 0 saturated heterocycles. The Morgan fingerprint density at radius 3 is 2.78 bits per heavy atom. The van der Waals surface area contributed by atoms with Crippen molar-refractivity contribution in [3.05, 3.63) is 54.5 Å². The van der Waals surface area contributed by atoms with Gasteiger partial charge in [-0.3, -0.25) is 0 Å². The summed E-state index contributed by atoms with van der Waals surface area (Å²) in [7, 11) is 0. The van der Waals surface area contributed by atoms with Gasteiger partial charge in [-0.15, -0.1) is 0 Å². The fourth-order valence-electron chi connectivity index (χ4n) is 2.02. The second kappa shape index (κ2) is 4.49. The van der Waals surface area contributed by atoms with Crippen LogP contribution in [0.25, 0.3) is 11.0 Å². The number of aromatic nitrogens is 3. The highest BCUT2D eigenvalue weighted by Crippen LogP contribution is 2.22. The Labute approximate surface area is 105 Å². The van der Waals surface area contributed by atoms with Crippen LogP contribution in [0.2, 0.25) is 0 Å². The summed E-state index contributed by atoms with van der Waals surface area (Å²) in [6.07, 6.45) is 3.44. The van der Waals surface area contributed by atoms with E-state index in [4.69, 9.17) is 0 Å². The Morgan fingerprint density at radius 1 is 1.11 bits per heavy atom. The summed E-state index contributed by atoms with van der Waals surface area (Å²) < 4.78 is 0. The lowest BCUT2D eigenvalue weighted by Gasteiger charge is -2.15. The monoisotopic (exact) mass is 238 g/mol. The standard InChI is InChI=1S/C14H14N4/c1-10(11-5-3-2-4-6-11)18-14-12-7-8-15-13(12)16-9-17-14/h2-10H,1H3,(H2,15,16,17,18). The minimum atomic E-state index is 0.208. The van der Waals surface area contributed by atoms with Crippen LogP contribution in [0.1, 0.15) is 18.5 Å². The van der Waals surface area contributed by atoms with Crippen LogP contribution in [0.5, 0.6) is 0 Å². The number of aromatic amines is 1. The molecule has 0 aliphatic carbocycles. The number of fused-ring (bicyclic) bond motifs is 1. The van der Waals surface area contributed by atoms with Gasteiger partial charge in [0.1, 0.15) is 17.8 Å². The molecule has 2 heterocycles. The summed E-state index contributed by atoms with van der Waals surface area (Å²) in [5.41, 5.74) is 2.09. The molecule has 0 spiro atoms. The molecule has 90 valence electrons. The Balaban J connectivity index is 1.91. The fourth-order valence-corrected chi connectivity index (χ4v) is 2.02. The highest BCUT2D eigenvalue weighted by atomic mass is 15.0. The lowest BCUT2D eigenvalue weighted by atomic mass is 10.1. The highest BCUT2D eigenvalue weighted by Gasteiger charge is 2.09. The Hall–Kier alpha value is -2.36. The van der Waals surface area contributed by atoms with E-state index in [9.17, 15) is 0 Å². The minimum Gasteiger partial charge on any atom is -0.363 e. The first-order chi connectivity index (χ1) is 8.84. The summed E-state index contributed by atoms with van der Waals surface area (Å²) in [6, 6.07) is 12.5. The third-order valence-electron chi connectivity index (χ3n) is 3.01. The zero-order valence-electron chi connectivity index (χ0n) is 10.1. The van der Waals surface area contributed by atoms with Gasteiger partial charge < -0.3 is 10.3 Å². The molecule has 0 saturated carbocycles. The smallest absolute Gasteiger partial charge is 0.142 e. The first-order valence-electron chi connectivity index (χ1n) is 5.94. The Morgan fingerprint density at radius 2 is 1.94 bits per heavy atom. The molecule has 0 amide bonds. The maximum absolute atomic E-state index is 4.30. The van der Waals surface area contributed by atoms with Crippen LogP contribution in [0, 0.1) is 0 Å². The summed E-state index contributed by atoms with van der Waals surface area (Å²) in [5, 5.41) is 4.43. The Bertz CT molecular complexity index is 645. The Kier molecular flexibility index (Phi) is 2.68. The van der Waals surface area contributed by atoms with Gasteiger partial charge in [0, 0.05) is 12.2 Å². The molecular formula is C14H14N4. The molecule has 2 N–H and O–H groups in total. The maximum atomic E-state index is 4.30. The van der Waals surface area contributed by atoms with Crippen LogP contribution in [-0.2, 0) is 0 Å². The van der Waals surface area contributed by atoms with Gasteiger partial charge in [0.2, 0.25) is 0 Å². The molecule has 2 aromatic heterocycles. The zero-order valence-corrected chi connectivity index (χ0v) is 10.1. The predicted molar refractivity (Wildman–Crippen MR) is 72.4 cm³/mol. The SMILES string of the molecule is CC(Nc1ncnc2[nH]ccc12)c1ccccc1. The molecule has 0 radical (unpaired) electrons. The summed E-state index contributed by atoms with van der Waals surface area (Å²) >= 11 is 0. The van der Waals surface area contributed by atoms with Gasteiger partial charge in [-0.25, -0.2) is 9.97 Å². The van der Waals surface area contributed by atoms with E-state index in [-0.39, 0.29) is 6.04 Å². The van der Waals surface area contributed by atoms with Crippen molar-refractivity contribution in [1.82, 2.24) is 15.0 Å². The second-order valence-corrected chi connectivity index (χ2v) is 4.24. The van der Waals surface area contributed by atoms with E-state index in [0.29, 0.717) is 0 Å². The number of anilines is 1. The van der Waals surface area contributed by atoms with Crippen molar-refractivity contribution in [2.24, 2.45) is 0 Å². The normalized spacial score (nSPS) is 12.5. The fraction of sp³-hybridized carbons (Fsp3) is 0.143. The van der Waals surface area contributed by atoms with E-state index >= 15 is 0 Å². The van der Waals surface area contributed by atoms with Gasteiger partial charge in [-0.2, -0.15) is 0 Å². The molecule has 0 aliphatic heterocycles. The first-order valence-corrected chi connectivity index (χ1v) is 5.94. The van der Waals surface area contributed by atoms with Crippen LogP contribution in [0.15, 0.2) is 48.9 Å². The van der Waals surface area contributed by atoms with E-state index in [1.54, 1.807) is 6.33 Å². The minimum absolute atomic E-state index is 0.208. The number of H-pyrrole nitrogens is 1. The van der Waals surface area contributed by atoms with Gasteiger partial charge in [-0.1, -0.05) is 30.3 Å². The van der Waals surface area contributed by atoms with Crippen molar-refractivity contribution < 1.29 is 0 Å². The van der Waals surface area contributed by atoms with Crippen molar-refractivity contribution in [2.45, 2.75) is 13.0 Å². The quantitative estimate of drug-likeness (QED) is 0.737. The number of nitrogens with zero attached hydrogens (tertiary/aromatic N) is 2. The molecule has 3 rings (SSSR count). The molecule has 18 heavy (non-hydrogen) atoms. The van der Waals surface area contributed by atoms with Gasteiger partial charge in [-0.05, 0) is 18.6 Å². The molecule has 1 aromatic carbocycles. The summed E-state index contributed by atoms with van der Waals surface area (Å²) in [5.74, 6) is 0.859. The van der Waals surface area contributed by atoms with Gasteiger partial charge in [0.05, 0.1) is 5.39 Å². The average Bonchev–Trinajstić information content (AvgIpc) is 2.89. The lowest BCUT2D eigenvalue weighted by Crippen LogP contribution is -2.08. The number of hydrogen-bond donors (Lipinski definition) is 2. The largest absolute Gasteiger partial charge is 0.363 e. The van der Waals surface area contributed by atoms with Crippen molar-refractivity contribution in [3.8, 4) is 0 Å². The van der Waals surface area contributed by atoms with E-state index in [1.807, 2.05) is 30.5 Å². The number of hydrogen-bond acceptors (Lipinski definition) is 3. The van der Waals surface area contributed by atoms with Crippen molar-refractivity contribution in [3.63, 3.8) is 0 Å². The first kappa shape index (κ1) is 10.8. The van der Waals surface area contributed by atoms with Crippen LogP contribution in [0.3, 0.4) is 0 Å². The highest BCUT2D eigenvalue weighted by molar-refractivity contribution is 5.86. The number of nitrogens with one attached hydrogen (secondary N) is 2. The number of rotatable bonds is 3. The van der Waals surface area contributed by atoms with E-state index in [2.05, 4.69) is 39.3 Å². The second-order valence-electron chi connectivity index (χ2n) is 4.24. The molecule has 4 heteroatoms. The summed E-state index contributed by atoms with van der Waals surface area (Å²) in [4.78, 5) is 11.6. The number of benzene rings is 1. The predicted octanol–water partition coefficient (Wildman–Crippen LogP) is 3.13. The van der Waals surface area contributed by atoms with Crippen LogP contribution < -0.4 is 5.32 Å². The van der Waals surface area contributed by atoms with Crippen LogP contribution in [0.4, 0.5) is 5.82 Å². The van der Waals surface area contributed by atoms with E-state index in [0.717, 1.165) is 16.9 Å². The third-order valence-corrected chi connectivity index (χ3v) is 3.01. The zero-order chi connectivity index (χ0) is 12.4. The third kappa shape index (κ3) is 1.93. The average molecular weight is 238 g/mol. The topological polar surface area (TPSA) is 53.6 Å². The van der Waals surface area contributed by atoms with E-state index < -0.39 is 0 Å². The van der Waals surface area contributed by atoms with Gasteiger partial charge in [0.15, 0.2) is 0 Å². The molecule has 1 unspecified atom stereocenters. The lowest BCUT2D eigenvalue weighted by molar-refractivity contribution is 0.876. The van der Waals surface area contributed by atoms with E-state index in [1.165, 1.54) is 5.56 Å². The van der Waals surface area contributed by atoms with Gasteiger partial charge >= 0.3 is 0 Å².